The van der Waals surface area contributed by atoms with Gasteiger partial charge in [-0.3, -0.25) is 9.59 Å². The van der Waals surface area contributed by atoms with Crippen molar-refractivity contribution in [2.45, 2.75) is 27.2 Å². The maximum atomic E-state index is 12.6. The van der Waals surface area contributed by atoms with Crippen molar-refractivity contribution in [3.8, 4) is 0 Å². The number of ketones is 1. The van der Waals surface area contributed by atoms with E-state index in [0.717, 1.165) is 22.8 Å². The molecule has 1 heterocycles. The van der Waals surface area contributed by atoms with Gasteiger partial charge < -0.3 is 10.6 Å². The highest BCUT2D eigenvalue weighted by molar-refractivity contribution is 7.16. The summed E-state index contributed by atoms with van der Waals surface area (Å²) in [6.45, 7) is 6.35. The molecule has 3 rings (SSSR count). The minimum atomic E-state index is -0.253. The lowest BCUT2D eigenvalue weighted by Gasteiger charge is -2.06. The first-order valence-electron chi connectivity index (χ1n) is 9.18. The molecule has 2 aromatic carbocycles. The summed E-state index contributed by atoms with van der Waals surface area (Å²) in [5, 5.41) is 7.35. The third-order valence-corrected chi connectivity index (χ3v) is 5.33. The summed E-state index contributed by atoms with van der Waals surface area (Å²) in [4.78, 5) is 29.1. The molecule has 0 aliphatic carbocycles. The summed E-state index contributed by atoms with van der Waals surface area (Å²) in [6.07, 6.45) is 0.630. The summed E-state index contributed by atoms with van der Waals surface area (Å²) in [5.74, 6) is -0.415. The van der Waals surface area contributed by atoms with Crippen molar-refractivity contribution in [2.24, 2.45) is 0 Å². The number of aryl methyl sites for hydroxylation is 1. The molecule has 0 aliphatic heterocycles. The number of anilines is 2. The molecule has 144 valence electrons. The minimum absolute atomic E-state index is 0.162. The number of rotatable bonds is 7. The topological polar surface area (TPSA) is 71.1 Å². The molecule has 5 nitrogen and oxygen atoms in total. The van der Waals surface area contributed by atoms with Crippen molar-refractivity contribution in [2.75, 3.05) is 17.2 Å². The van der Waals surface area contributed by atoms with E-state index in [4.69, 9.17) is 0 Å². The van der Waals surface area contributed by atoms with E-state index in [0.29, 0.717) is 22.7 Å². The van der Waals surface area contributed by atoms with Gasteiger partial charge in [0.25, 0.3) is 5.91 Å². The standard InChI is InChI=1S/C22H23N3O2S/c1-4-23-18-11-9-16(10-12-18)21(27)25-22-20(15(3)26)24-19(28-22)13-17-8-6-5-7-14(17)2/h5-12,23H,4,13H2,1-3H3,(H,25,27). The zero-order valence-electron chi connectivity index (χ0n) is 16.2. The van der Waals surface area contributed by atoms with Crippen LogP contribution in [0.15, 0.2) is 48.5 Å². The van der Waals surface area contributed by atoms with Gasteiger partial charge in [-0.15, -0.1) is 11.3 Å². The lowest BCUT2D eigenvalue weighted by atomic mass is 10.1. The second-order valence-electron chi connectivity index (χ2n) is 6.51. The summed E-state index contributed by atoms with van der Waals surface area (Å²) in [5.41, 5.74) is 4.13. The first-order valence-corrected chi connectivity index (χ1v) is 10.00. The van der Waals surface area contributed by atoms with Crippen LogP contribution >= 0.6 is 11.3 Å². The third kappa shape index (κ3) is 4.64. The quantitative estimate of drug-likeness (QED) is 0.559. The molecule has 0 spiro atoms. The maximum Gasteiger partial charge on any atom is 0.256 e. The molecule has 0 aliphatic rings. The Bertz CT molecular complexity index is 993. The van der Waals surface area contributed by atoms with E-state index in [9.17, 15) is 9.59 Å². The van der Waals surface area contributed by atoms with Gasteiger partial charge in [0.2, 0.25) is 0 Å². The predicted molar refractivity (Wildman–Crippen MR) is 115 cm³/mol. The second-order valence-corrected chi connectivity index (χ2v) is 7.59. The van der Waals surface area contributed by atoms with Crippen LogP contribution in [0.1, 0.15) is 50.8 Å². The van der Waals surface area contributed by atoms with Gasteiger partial charge in [-0.1, -0.05) is 24.3 Å². The number of nitrogens with one attached hydrogen (secondary N) is 2. The maximum absolute atomic E-state index is 12.6. The molecule has 0 saturated heterocycles. The lowest BCUT2D eigenvalue weighted by Crippen LogP contribution is -2.13. The molecule has 0 fully saturated rings. The van der Waals surface area contributed by atoms with Crippen LogP contribution in [-0.2, 0) is 6.42 Å². The third-order valence-electron chi connectivity index (χ3n) is 4.36. The van der Waals surface area contributed by atoms with Gasteiger partial charge in [0.1, 0.15) is 10.7 Å². The van der Waals surface area contributed by atoms with Gasteiger partial charge in [0.05, 0.1) is 5.01 Å². The zero-order chi connectivity index (χ0) is 20.1. The van der Waals surface area contributed by atoms with Crippen molar-refractivity contribution in [1.82, 2.24) is 4.98 Å². The average molecular weight is 394 g/mol. The molecule has 0 bridgehead atoms. The van der Waals surface area contributed by atoms with Gasteiger partial charge in [-0.25, -0.2) is 4.98 Å². The Labute approximate surface area is 168 Å². The Kier molecular flexibility index (Phi) is 6.21. The first kappa shape index (κ1) is 19.8. The van der Waals surface area contributed by atoms with Crippen LogP contribution in [0.5, 0.6) is 0 Å². The number of carbonyl (C=O) groups is 2. The van der Waals surface area contributed by atoms with Crippen LogP contribution in [0.3, 0.4) is 0 Å². The summed E-state index contributed by atoms with van der Waals surface area (Å²) >= 11 is 1.35. The van der Waals surface area contributed by atoms with E-state index < -0.39 is 0 Å². The van der Waals surface area contributed by atoms with E-state index in [1.807, 2.05) is 37.3 Å². The van der Waals surface area contributed by atoms with E-state index in [1.165, 1.54) is 23.8 Å². The van der Waals surface area contributed by atoms with Crippen molar-refractivity contribution in [1.29, 1.82) is 0 Å². The van der Waals surface area contributed by atoms with Gasteiger partial charge in [0, 0.05) is 31.1 Å². The SMILES string of the molecule is CCNc1ccc(C(=O)Nc2sc(Cc3ccccc3C)nc2C(C)=O)cc1. The van der Waals surface area contributed by atoms with Crippen LogP contribution in [0.4, 0.5) is 10.7 Å². The summed E-state index contributed by atoms with van der Waals surface area (Å²) < 4.78 is 0. The number of benzene rings is 2. The second kappa shape index (κ2) is 8.80. The molecule has 1 amide bonds. The van der Waals surface area contributed by atoms with Crippen LogP contribution in [0, 0.1) is 6.92 Å². The Morgan fingerprint density at radius 1 is 1.07 bits per heavy atom. The fraction of sp³-hybridized carbons (Fsp3) is 0.227. The van der Waals surface area contributed by atoms with Crippen molar-refractivity contribution in [3.05, 3.63) is 75.9 Å². The first-order chi connectivity index (χ1) is 13.5. The molecule has 28 heavy (non-hydrogen) atoms. The number of aromatic nitrogens is 1. The number of amides is 1. The van der Waals surface area contributed by atoms with Crippen molar-refractivity contribution < 1.29 is 9.59 Å². The van der Waals surface area contributed by atoms with Crippen LogP contribution in [0.2, 0.25) is 0 Å². The number of thiazole rings is 1. The summed E-state index contributed by atoms with van der Waals surface area (Å²) in [7, 11) is 0. The van der Waals surface area contributed by atoms with Gasteiger partial charge in [-0.2, -0.15) is 0 Å². The lowest BCUT2D eigenvalue weighted by molar-refractivity contribution is 0.101. The highest BCUT2D eigenvalue weighted by Crippen LogP contribution is 2.28. The molecule has 0 radical (unpaired) electrons. The Hall–Kier alpha value is -2.99. The Balaban J connectivity index is 1.80. The monoisotopic (exact) mass is 393 g/mol. The molecule has 0 atom stereocenters. The van der Waals surface area contributed by atoms with Crippen molar-refractivity contribution >= 4 is 33.7 Å². The van der Waals surface area contributed by atoms with Crippen LogP contribution < -0.4 is 10.6 Å². The molecule has 0 unspecified atom stereocenters. The van der Waals surface area contributed by atoms with Crippen LogP contribution in [0.25, 0.3) is 0 Å². The molecular weight excluding hydrogens is 370 g/mol. The molecule has 0 saturated carbocycles. The highest BCUT2D eigenvalue weighted by atomic mass is 32.1. The predicted octanol–water partition coefficient (Wildman–Crippen LogP) is 4.93. The molecule has 2 N–H and O–H groups in total. The van der Waals surface area contributed by atoms with E-state index in [1.54, 1.807) is 12.1 Å². The number of hydrogen-bond acceptors (Lipinski definition) is 5. The fourth-order valence-corrected chi connectivity index (χ4v) is 3.88. The number of hydrogen-bond donors (Lipinski definition) is 2. The van der Waals surface area contributed by atoms with Gasteiger partial charge >= 0.3 is 0 Å². The smallest absolute Gasteiger partial charge is 0.256 e. The minimum Gasteiger partial charge on any atom is -0.385 e. The molecule has 6 heteroatoms. The Morgan fingerprint density at radius 2 is 1.79 bits per heavy atom. The molecule has 1 aromatic heterocycles. The van der Waals surface area contributed by atoms with E-state index in [-0.39, 0.29) is 11.7 Å². The fourth-order valence-electron chi connectivity index (χ4n) is 2.85. The van der Waals surface area contributed by atoms with E-state index >= 15 is 0 Å². The van der Waals surface area contributed by atoms with Crippen molar-refractivity contribution in [3.63, 3.8) is 0 Å². The van der Waals surface area contributed by atoms with Crippen LogP contribution in [-0.4, -0.2) is 23.2 Å². The van der Waals surface area contributed by atoms with E-state index in [2.05, 4.69) is 28.6 Å². The molecule has 3 aromatic rings. The number of Topliss-reactive ketones (excluding diaryl/α,β-unsaturated/α-hetero) is 1. The largest absolute Gasteiger partial charge is 0.385 e. The van der Waals surface area contributed by atoms with Gasteiger partial charge in [0.15, 0.2) is 5.78 Å². The molecular formula is C22H23N3O2S. The average Bonchev–Trinajstić information content (AvgIpc) is 3.07. The normalized spacial score (nSPS) is 10.5. The number of nitrogens with zero attached hydrogens (tertiary/aromatic N) is 1. The number of carbonyl (C=O) groups excluding carboxylic acids is 2. The van der Waals surface area contributed by atoms with Gasteiger partial charge in [-0.05, 0) is 49.2 Å². The summed E-state index contributed by atoms with van der Waals surface area (Å²) in [6, 6.07) is 15.3. The Morgan fingerprint density at radius 3 is 2.43 bits per heavy atom. The highest BCUT2D eigenvalue weighted by Gasteiger charge is 2.18. The zero-order valence-corrected chi connectivity index (χ0v) is 17.0.